The van der Waals surface area contributed by atoms with Crippen LogP contribution in [0.1, 0.15) is 30.6 Å². The third kappa shape index (κ3) is 6.47. The van der Waals surface area contributed by atoms with Crippen LogP contribution < -0.4 is 10.6 Å². The van der Waals surface area contributed by atoms with Crippen LogP contribution in [0.2, 0.25) is 0 Å². The number of hydrogen-bond acceptors (Lipinski definition) is 5. The van der Waals surface area contributed by atoms with Crippen LogP contribution in [0.15, 0.2) is 16.8 Å². The van der Waals surface area contributed by atoms with Crippen molar-refractivity contribution in [2.75, 3.05) is 39.3 Å². The van der Waals surface area contributed by atoms with Gasteiger partial charge in [-0.3, -0.25) is 19.3 Å². The molecular weight excluding hydrogens is 340 g/mol. The van der Waals surface area contributed by atoms with Crippen LogP contribution >= 0.6 is 11.3 Å². The molecule has 0 aromatic carbocycles. The van der Waals surface area contributed by atoms with E-state index in [1.165, 1.54) is 11.3 Å². The Bertz CT molecular complexity index is 581. The average molecular weight is 366 g/mol. The standard InChI is InChI=1S/C17H26N4O3S/c1-13(2)19-15(22)11-20-6-8-21(9-7-20)16(23)3-5-18-17(24)14-4-10-25-12-14/h4,10,12-13H,3,5-9,11H2,1-2H3,(H,18,24)(H,19,22). The van der Waals surface area contributed by atoms with Crippen molar-refractivity contribution in [2.24, 2.45) is 0 Å². The summed E-state index contributed by atoms with van der Waals surface area (Å²) in [6, 6.07) is 1.90. The Kier molecular flexibility index (Phi) is 7.39. The number of rotatable bonds is 7. The molecule has 0 unspecified atom stereocenters. The van der Waals surface area contributed by atoms with Gasteiger partial charge in [0.1, 0.15) is 0 Å². The molecule has 1 aliphatic heterocycles. The summed E-state index contributed by atoms with van der Waals surface area (Å²) >= 11 is 1.47. The lowest BCUT2D eigenvalue weighted by Crippen LogP contribution is -2.51. The zero-order valence-corrected chi connectivity index (χ0v) is 15.6. The summed E-state index contributed by atoms with van der Waals surface area (Å²) in [4.78, 5) is 39.7. The summed E-state index contributed by atoms with van der Waals surface area (Å²) in [6.45, 7) is 7.20. The second-order valence-corrected chi connectivity index (χ2v) is 7.18. The van der Waals surface area contributed by atoms with Gasteiger partial charge in [0.05, 0.1) is 6.54 Å². The molecule has 0 spiro atoms. The van der Waals surface area contributed by atoms with Gasteiger partial charge in [-0.1, -0.05) is 0 Å². The summed E-state index contributed by atoms with van der Waals surface area (Å²) < 4.78 is 0. The second-order valence-electron chi connectivity index (χ2n) is 6.40. The first-order valence-corrected chi connectivity index (χ1v) is 9.50. The first-order valence-electron chi connectivity index (χ1n) is 8.55. The van der Waals surface area contributed by atoms with Crippen molar-refractivity contribution < 1.29 is 14.4 Å². The van der Waals surface area contributed by atoms with Crippen LogP contribution in [-0.2, 0) is 9.59 Å². The number of piperazine rings is 1. The highest BCUT2D eigenvalue weighted by Crippen LogP contribution is 2.06. The molecule has 1 aromatic heterocycles. The van der Waals surface area contributed by atoms with E-state index in [1.807, 2.05) is 19.2 Å². The lowest BCUT2D eigenvalue weighted by Gasteiger charge is -2.34. The van der Waals surface area contributed by atoms with E-state index < -0.39 is 0 Å². The van der Waals surface area contributed by atoms with Crippen LogP contribution in [-0.4, -0.2) is 72.8 Å². The van der Waals surface area contributed by atoms with Gasteiger partial charge in [0, 0.05) is 56.1 Å². The average Bonchev–Trinajstić information content (AvgIpc) is 3.09. The first kappa shape index (κ1) is 19.4. The molecule has 25 heavy (non-hydrogen) atoms. The van der Waals surface area contributed by atoms with Gasteiger partial charge in [-0.25, -0.2) is 0 Å². The van der Waals surface area contributed by atoms with Gasteiger partial charge in [0.2, 0.25) is 11.8 Å². The lowest BCUT2D eigenvalue weighted by molar-refractivity contribution is -0.133. The molecule has 2 rings (SSSR count). The zero-order chi connectivity index (χ0) is 18.2. The van der Waals surface area contributed by atoms with E-state index in [2.05, 4.69) is 15.5 Å². The molecule has 2 N–H and O–H groups in total. The van der Waals surface area contributed by atoms with Crippen LogP contribution in [0, 0.1) is 0 Å². The fourth-order valence-electron chi connectivity index (χ4n) is 2.66. The van der Waals surface area contributed by atoms with Crippen LogP contribution in [0.4, 0.5) is 0 Å². The predicted molar refractivity (Wildman–Crippen MR) is 97.6 cm³/mol. The molecule has 1 fully saturated rings. The van der Waals surface area contributed by atoms with E-state index in [1.54, 1.807) is 16.3 Å². The molecule has 3 amide bonds. The van der Waals surface area contributed by atoms with Crippen molar-refractivity contribution in [3.8, 4) is 0 Å². The Morgan fingerprint density at radius 1 is 1.20 bits per heavy atom. The minimum absolute atomic E-state index is 0.0194. The van der Waals surface area contributed by atoms with Gasteiger partial charge < -0.3 is 15.5 Å². The SMILES string of the molecule is CC(C)NC(=O)CN1CCN(C(=O)CCNC(=O)c2ccsc2)CC1. The highest BCUT2D eigenvalue weighted by Gasteiger charge is 2.22. The Balaban J connectivity index is 1.64. The minimum Gasteiger partial charge on any atom is -0.353 e. The maximum Gasteiger partial charge on any atom is 0.252 e. The number of carbonyl (C=O) groups excluding carboxylic acids is 3. The Morgan fingerprint density at radius 2 is 1.92 bits per heavy atom. The molecule has 2 heterocycles. The van der Waals surface area contributed by atoms with Gasteiger partial charge in [0.15, 0.2) is 0 Å². The molecule has 8 heteroatoms. The molecule has 1 aromatic rings. The van der Waals surface area contributed by atoms with Crippen LogP contribution in [0.3, 0.4) is 0 Å². The molecule has 1 saturated heterocycles. The monoisotopic (exact) mass is 366 g/mol. The maximum atomic E-state index is 12.2. The second kappa shape index (κ2) is 9.53. The molecule has 7 nitrogen and oxygen atoms in total. The van der Waals surface area contributed by atoms with E-state index in [9.17, 15) is 14.4 Å². The minimum atomic E-state index is -0.143. The quantitative estimate of drug-likeness (QED) is 0.738. The number of nitrogens with one attached hydrogen (secondary N) is 2. The van der Waals surface area contributed by atoms with Crippen molar-refractivity contribution in [3.63, 3.8) is 0 Å². The number of carbonyl (C=O) groups is 3. The Hall–Kier alpha value is -1.93. The van der Waals surface area contributed by atoms with Crippen LogP contribution in [0.5, 0.6) is 0 Å². The summed E-state index contributed by atoms with van der Waals surface area (Å²) in [5.41, 5.74) is 0.630. The van der Waals surface area contributed by atoms with Gasteiger partial charge in [-0.15, -0.1) is 0 Å². The van der Waals surface area contributed by atoms with E-state index >= 15 is 0 Å². The summed E-state index contributed by atoms with van der Waals surface area (Å²) in [6.07, 6.45) is 0.295. The topological polar surface area (TPSA) is 81.8 Å². The summed E-state index contributed by atoms with van der Waals surface area (Å²) in [5, 5.41) is 9.27. The Morgan fingerprint density at radius 3 is 2.52 bits per heavy atom. The van der Waals surface area contributed by atoms with E-state index in [0.717, 1.165) is 0 Å². The number of thiophene rings is 1. The number of amides is 3. The number of nitrogens with zero attached hydrogens (tertiary/aromatic N) is 2. The largest absolute Gasteiger partial charge is 0.353 e. The van der Waals surface area contributed by atoms with Gasteiger partial charge in [0.25, 0.3) is 5.91 Å². The lowest BCUT2D eigenvalue weighted by atomic mass is 10.2. The molecule has 138 valence electrons. The first-order chi connectivity index (χ1) is 12.0. The van der Waals surface area contributed by atoms with Crippen molar-refractivity contribution in [1.82, 2.24) is 20.4 Å². The molecule has 0 bridgehead atoms. The fraction of sp³-hybridized carbons (Fsp3) is 0.588. The molecule has 0 saturated carbocycles. The normalized spacial score (nSPS) is 15.2. The van der Waals surface area contributed by atoms with Gasteiger partial charge in [-0.05, 0) is 25.3 Å². The third-order valence-electron chi connectivity index (χ3n) is 3.95. The van der Waals surface area contributed by atoms with E-state index in [0.29, 0.717) is 51.3 Å². The summed E-state index contributed by atoms with van der Waals surface area (Å²) in [7, 11) is 0. The fourth-order valence-corrected chi connectivity index (χ4v) is 3.30. The predicted octanol–water partition coefficient (Wildman–Crippen LogP) is 0.537. The number of hydrogen-bond donors (Lipinski definition) is 2. The van der Waals surface area contributed by atoms with E-state index in [4.69, 9.17) is 0 Å². The van der Waals surface area contributed by atoms with Gasteiger partial charge in [-0.2, -0.15) is 11.3 Å². The molecule has 0 atom stereocenters. The van der Waals surface area contributed by atoms with Crippen LogP contribution in [0.25, 0.3) is 0 Å². The smallest absolute Gasteiger partial charge is 0.252 e. The molecular formula is C17H26N4O3S. The Labute approximate surface area is 152 Å². The highest BCUT2D eigenvalue weighted by atomic mass is 32.1. The molecule has 0 radical (unpaired) electrons. The van der Waals surface area contributed by atoms with Crippen molar-refractivity contribution in [3.05, 3.63) is 22.4 Å². The van der Waals surface area contributed by atoms with Crippen molar-refractivity contribution in [2.45, 2.75) is 26.3 Å². The highest BCUT2D eigenvalue weighted by molar-refractivity contribution is 7.08. The van der Waals surface area contributed by atoms with Crippen molar-refractivity contribution >= 4 is 29.1 Å². The third-order valence-corrected chi connectivity index (χ3v) is 4.63. The van der Waals surface area contributed by atoms with Crippen molar-refractivity contribution in [1.29, 1.82) is 0 Å². The maximum absolute atomic E-state index is 12.2. The molecule has 0 aliphatic carbocycles. The zero-order valence-electron chi connectivity index (χ0n) is 14.8. The molecule has 1 aliphatic rings. The summed E-state index contributed by atoms with van der Waals surface area (Å²) in [5.74, 6) is -0.0853. The van der Waals surface area contributed by atoms with Gasteiger partial charge >= 0.3 is 0 Å². The van der Waals surface area contributed by atoms with E-state index in [-0.39, 0.29) is 23.8 Å².